The van der Waals surface area contributed by atoms with Crippen molar-refractivity contribution >= 4 is 23.1 Å². The summed E-state index contributed by atoms with van der Waals surface area (Å²) in [6, 6.07) is 10.1. The van der Waals surface area contributed by atoms with Crippen LogP contribution in [0.2, 0.25) is 5.02 Å². The first kappa shape index (κ1) is 14.8. The van der Waals surface area contributed by atoms with E-state index in [0.29, 0.717) is 11.6 Å². The van der Waals surface area contributed by atoms with E-state index in [-0.39, 0.29) is 5.82 Å². The highest BCUT2D eigenvalue weighted by Crippen LogP contribution is 2.26. The molecule has 1 N–H and O–H groups in total. The number of anilines is 2. The summed E-state index contributed by atoms with van der Waals surface area (Å²) in [6.07, 6.45) is 0. The number of pyridine rings is 1. The normalized spacial score (nSPS) is 10.6. The number of nitrogens with zero attached hydrogens (tertiary/aromatic N) is 2. The molecule has 1 aromatic carbocycles. The highest BCUT2D eigenvalue weighted by molar-refractivity contribution is 6.31. The van der Waals surface area contributed by atoms with Crippen LogP contribution in [0.3, 0.4) is 0 Å². The maximum absolute atomic E-state index is 13.0. The molecule has 2 aromatic rings. The molecule has 0 aliphatic rings. The van der Waals surface area contributed by atoms with E-state index in [0.717, 1.165) is 23.7 Å². The first-order valence-corrected chi connectivity index (χ1v) is 6.86. The van der Waals surface area contributed by atoms with Crippen LogP contribution in [0.15, 0.2) is 36.4 Å². The maximum Gasteiger partial charge on any atom is 0.133 e. The van der Waals surface area contributed by atoms with Gasteiger partial charge in [-0.05, 0) is 50.4 Å². The molecule has 0 aliphatic carbocycles. The van der Waals surface area contributed by atoms with Gasteiger partial charge in [-0.1, -0.05) is 11.6 Å². The summed E-state index contributed by atoms with van der Waals surface area (Å²) in [5, 5.41) is 3.68. The Hall–Kier alpha value is -1.65. The van der Waals surface area contributed by atoms with Crippen LogP contribution in [0.25, 0.3) is 0 Å². The monoisotopic (exact) mass is 293 g/mol. The van der Waals surface area contributed by atoms with Crippen LogP contribution in [0.4, 0.5) is 15.9 Å². The molecule has 0 fully saturated rings. The van der Waals surface area contributed by atoms with E-state index in [2.05, 4.69) is 10.3 Å². The average Bonchev–Trinajstić information content (AvgIpc) is 2.45. The lowest BCUT2D eigenvalue weighted by atomic mass is 10.2. The molecule has 106 valence electrons. The quantitative estimate of drug-likeness (QED) is 0.910. The minimum Gasteiger partial charge on any atom is -0.327 e. The van der Waals surface area contributed by atoms with Gasteiger partial charge in [-0.2, -0.15) is 0 Å². The number of halogens is 2. The highest BCUT2D eigenvalue weighted by Gasteiger charge is 2.11. The zero-order valence-corrected chi connectivity index (χ0v) is 12.3. The third-order valence-electron chi connectivity index (χ3n) is 2.98. The molecule has 0 aliphatic heterocycles. The van der Waals surface area contributed by atoms with Crippen molar-refractivity contribution in [1.82, 2.24) is 10.3 Å². The molecule has 0 saturated heterocycles. The third kappa shape index (κ3) is 3.26. The minimum absolute atomic E-state index is 0.246. The Labute approximate surface area is 123 Å². The summed E-state index contributed by atoms with van der Waals surface area (Å²) in [4.78, 5) is 6.58. The van der Waals surface area contributed by atoms with Gasteiger partial charge in [0, 0.05) is 18.8 Å². The molecule has 0 atom stereocenters. The van der Waals surface area contributed by atoms with E-state index in [4.69, 9.17) is 11.6 Å². The topological polar surface area (TPSA) is 28.2 Å². The summed E-state index contributed by atoms with van der Waals surface area (Å²) in [7, 11) is 1.85. The number of aromatic nitrogens is 1. The van der Waals surface area contributed by atoms with Gasteiger partial charge in [0.2, 0.25) is 0 Å². The van der Waals surface area contributed by atoms with Crippen molar-refractivity contribution < 1.29 is 4.39 Å². The molecule has 2 rings (SSSR count). The summed E-state index contributed by atoms with van der Waals surface area (Å²) in [5.74, 6) is 0.554. The van der Waals surface area contributed by atoms with Crippen molar-refractivity contribution in [2.24, 2.45) is 0 Å². The fraction of sp³-hybridized carbons (Fsp3) is 0.267. The van der Waals surface area contributed by atoms with Gasteiger partial charge < -0.3 is 10.2 Å². The van der Waals surface area contributed by atoms with Crippen LogP contribution in [-0.2, 0) is 6.54 Å². The number of hydrogen-bond acceptors (Lipinski definition) is 3. The zero-order valence-electron chi connectivity index (χ0n) is 11.5. The van der Waals surface area contributed by atoms with Crippen molar-refractivity contribution in [2.45, 2.75) is 13.5 Å². The largest absolute Gasteiger partial charge is 0.327 e. The second kappa shape index (κ2) is 6.68. The minimum atomic E-state index is -0.246. The zero-order chi connectivity index (χ0) is 14.5. The van der Waals surface area contributed by atoms with Crippen molar-refractivity contribution in [3.8, 4) is 0 Å². The van der Waals surface area contributed by atoms with E-state index in [9.17, 15) is 4.39 Å². The number of nitrogens with one attached hydrogen (secondary N) is 1. The fourth-order valence-corrected chi connectivity index (χ4v) is 2.18. The Morgan fingerprint density at radius 3 is 2.50 bits per heavy atom. The number of benzene rings is 1. The standard InChI is InChI=1S/C15H17ClFN3/c1-3-20(12-6-4-11(17)5-7-12)15-9-8-13(16)14(19-15)10-18-2/h4-9,18H,3,10H2,1-2H3. The fourth-order valence-electron chi connectivity index (χ4n) is 2.01. The van der Waals surface area contributed by atoms with E-state index >= 15 is 0 Å². The lowest BCUT2D eigenvalue weighted by Crippen LogP contribution is -2.18. The molecule has 1 aromatic heterocycles. The molecule has 1 heterocycles. The van der Waals surface area contributed by atoms with Gasteiger partial charge >= 0.3 is 0 Å². The van der Waals surface area contributed by atoms with Gasteiger partial charge in [-0.15, -0.1) is 0 Å². The Kier molecular flexibility index (Phi) is 4.93. The third-order valence-corrected chi connectivity index (χ3v) is 3.32. The predicted octanol–water partition coefficient (Wildman–Crippen LogP) is 3.75. The predicted molar refractivity (Wildman–Crippen MR) is 81.1 cm³/mol. The molecule has 0 unspecified atom stereocenters. The summed E-state index contributed by atoms with van der Waals surface area (Å²) >= 11 is 6.12. The second-order valence-corrected chi connectivity index (χ2v) is 4.76. The lowest BCUT2D eigenvalue weighted by Gasteiger charge is -2.23. The van der Waals surface area contributed by atoms with Crippen LogP contribution in [0.5, 0.6) is 0 Å². The van der Waals surface area contributed by atoms with Gasteiger partial charge in [0.05, 0.1) is 10.7 Å². The average molecular weight is 294 g/mol. The maximum atomic E-state index is 13.0. The molecule has 0 saturated carbocycles. The van der Waals surface area contributed by atoms with Gasteiger partial charge in [0.15, 0.2) is 0 Å². The molecule has 0 bridgehead atoms. The Morgan fingerprint density at radius 1 is 1.20 bits per heavy atom. The van der Waals surface area contributed by atoms with Crippen molar-refractivity contribution in [2.75, 3.05) is 18.5 Å². The first-order valence-electron chi connectivity index (χ1n) is 6.48. The molecular formula is C15H17ClFN3. The van der Waals surface area contributed by atoms with Crippen LogP contribution in [-0.4, -0.2) is 18.6 Å². The van der Waals surface area contributed by atoms with Crippen molar-refractivity contribution in [3.05, 3.63) is 52.9 Å². The molecule has 0 amide bonds. The first-order chi connectivity index (χ1) is 9.65. The lowest BCUT2D eigenvalue weighted by molar-refractivity contribution is 0.627. The second-order valence-electron chi connectivity index (χ2n) is 4.35. The molecule has 0 radical (unpaired) electrons. The highest BCUT2D eigenvalue weighted by atomic mass is 35.5. The molecule has 5 heteroatoms. The number of hydrogen-bond donors (Lipinski definition) is 1. The van der Waals surface area contributed by atoms with Gasteiger partial charge in [-0.25, -0.2) is 9.37 Å². The van der Waals surface area contributed by atoms with Crippen LogP contribution >= 0.6 is 11.6 Å². The van der Waals surface area contributed by atoms with Gasteiger partial charge in [0.25, 0.3) is 0 Å². The summed E-state index contributed by atoms with van der Waals surface area (Å²) in [5.41, 5.74) is 1.70. The Balaban J connectivity index is 2.36. The van der Waals surface area contributed by atoms with Gasteiger partial charge in [0.1, 0.15) is 11.6 Å². The Bertz CT molecular complexity index is 572. The smallest absolute Gasteiger partial charge is 0.133 e. The molecule has 0 spiro atoms. The molecular weight excluding hydrogens is 277 g/mol. The van der Waals surface area contributed by atoms with E-state index in [1.54, 1.807) is 12.1 Å². The van der Waals surface area contributed by atoms with E-state index in [1.165, 1.54) is 12.1 Å². The molecule has 20 heavy (non-hydrogen) atoms. The van der Waals surface area contributed by atoms with Crippen LogP contribution in [0.1, 0.15) is 12.6 Å². The van der Waals surface area contributed by atoms with Crippen molar-refractivity contribution in [3.63, 3.8) is 0 Å². The van der Waals surface area contributed by atoms with E-state index in [1.807, 2.05) is 31.0 Å². The number of rotatable bonds is 5. The summed E-state index contributed by atoms with van der Waals surface area (Å²) in [6.45, 7) is 3.37. The molecule has 3 nitrogen and oxygen atoms in total. The summed E-state index contributed by atoms with van der Waals surface area (Å²) < 4.78 is 13.0. The van der Waals surface area contributed by atoms with Gasteiger partial charge in [-0.3, -0.25) is 0 Å². The van der Waals surface area contributed by atoms with Crippen LogP contribution in [0, 0.1) is 5.82 Å². The van der Waals surface area contributed by atoms with Crippen LogP contribution < -0.4 is 10.2 Å². The Morgan fingerprint density at radius 2 is 1.90 bits per heavy atom. The van der Waals surface area contributed by atoms with E-state index < -0.39 is 0 Å². The SMILES string of the molecule is CCN(c1ccc(F)cc1)c1ccc(Cl)c(CNC)n1. The van der Waals surface area contributed by atoms with Crippen molar-refractivity contribution in [1.29, 1.82) is 0 Å².